The molecular weight excluding hydrogens is 235 g/mol. The Morgan fingerprint density at radius 2 is 2.23 bits per heavy atom. The molecule has 0 amide bonds. The van der Waals surface area contributed by atoms with Crippen LogP contribution in [0.2, 0.25) is 0 Å². The second-order valence-corrected chi connectivity index (χ2v) is 3.61. The second kappa shape index (κ2) is 5.19. The van der Waals surface area contributed by atoms with E-state index in [9.17, 15) is 4.39 Å². The van der Waals surface area contributed by atoms with Gasteiger partial charge in [-0.25, -0.2) is 4.39 Å². The van der Waals surface area contributed by atoms with E-state index in [1.54, 1.807) is 12.1 Å². The summed E-state index contributed by atoms with van der Waals surface area (Å²) in [6.07, 6.45) is 0.839. The summed E-state index contributed by atoms with van der Waals surface area (Å²) in [5.41, 5.74) is 5.83. The van der Waals surface area contributed by atoms with Crippen LogP contribution in [0.25, 0.3) is 0 Å². The summed E-state index contributed by atoms with van der Waals surface area (Å²) in [4.78, 5) is 0. The van der Waals surface area contributed by atoms with Crippen molar-refractivity contribution >= 4 is 21.6 Å². The Hall–Kier alpha value is -0.610. The average Bonchev–Trinajstić information content (AvgIpc) is 2.11. The number of nitrogens with two attached hydrogens (primary N) is 1. The van der Waals surface area contributed by atoms with Crippen LogP contribution < -0.4 is 11.1 Å². The van der Waals surface area contributed by atoms with Crippen LogP contribution in [0.15, 0.2) is 22.7 Å². The van der Waals surface area contributed by atoms with E-state index >= 15 is 0 Å². The third-order valence-electron chi connectivity index (χ3n) is 1.62. The van der Waals surface area contributed by atoms with Crippen molar-refractivity contribution in [2.75, 3.05) is 18.4 Å². The highest BCUT2D eigenvalue weighted by Crippen LogP contribution is 2.19. The second-order valence-electron chi connectivity index (χ2n) is 2.69. The van der Waals surface area contributed by atoms with Crippen molar-refractivity contribution < 1.29 is 4.39 Å². The molecule has 0 heterocycles. The molecule has 0 atom stereocenters. The van der Waals surface area contributed by atoms with Gasteiger partial charge in [-0.3, -0.25) is 0 Å². The maximum atomic E-state index is 13.1. The van der Waals surface area contributed by atoms with Crippen LogP contribution in [-0.4, -0.2) is 13.1 Å². The molecule has 0 unspecified atom stereocenters. The van der Waals surface area contributed by atoms with Crippen molar-refractivity contribution in [3.05, 3.63) is 28.5 Å². The van der Waals surface area contributed by atoms with E-state index in [4.69, 9.17) is 5.73 Å². The van der Waals surface area contributed by atoms with E-state index in [0.717, 1.165) is 10.9 Å². The first-order valence-corrected chi connectivity index (χ1v) is 4.92. The van der Waals surface area contributed by atoms with Crippen LogP contribution in [0.4, 0.5) is 10.1 Å². The Morgan fingerprint density at radius 3 is 2.92 bits per heavy atom. The van der Waals surface area contributed by atoms with Gasteiger partial charge in [-0.05, 0) is 31.2 Å². The normalized spacial score (nSPS) is 10.1. The topological polar surface area (TPSA) is 38.0 Å². The highest BCUT2D eigenvalue weighted by Gasteiger charge is 2.00. The lowest BCUT2D eigenvalue weighted by Gasteiger charge is -2.06. The Labute approximate surface area is 85.4 Å². The van der Waals surface area contributed by atoms with Crippen LogP contribution >= 0.6 is 15.9 Å². The monoisotopic (exact) mass is 246 g/mol. The van der Waals surface area contributed by atoms with E-state index < -0.39 is 0 Å². The van der Waals surface area contributed by atoms with Gasteiger partial charge in [0.1, 0.15) is 5.82 Å². The van der Waals surface area contributed by atoms with Crippen LogP contribution in [0.3, 0.4) is 0 Å². The van der Waals surface area contributed by atoms with Crippen LogP contribution in [0.1, 0.15) is 6.42 Å². The molecule has 72 valence electrons. The molecule has 0 aliphatic carbocycles. The molecule has 1 aromatic rings. The van der Waals surface area contributed by atoms with Crippen molar-refractivity contribution in [2.24, 2.45) is 5.73 Å². The van der Waals surface area contributed by atoms with Gasteiger partial charge >= 0.3 is 0 Å². The van der Waals surface area contributed by atoms with Crippen molar-refractivity contribution in [2.45, 2.75) is 6.42 Å². The summed E-state index contributed by atoms with van der Waals surface area (Å²) in [6.45, 7) is 1.31. The summed E-state index contributed by atoms with van der Waals surface area (Å²) in [7, 11) is 0. The molecule has 0 fully saturated rings. The Morgan fingerprint density at radius 1 is 1.46 bits per heavy atom. The summed E-state index contributed by atoms with van der Waals surface area (Å²) < 4.78 is 13.9. The van der Waals surface area contributed by atoms with Gasteiger partial charge in [0.25, 0.3) is 0 Å². The quantitative estimate of drug-likeness (QED) is 0.801. The molecule has 0 aliphatic rings. The predicted molar refractivity (Wildman–Crippen MR) is 56.3 cm³/mol. The van der Waals surface area contributed by atoms with E-state index in [2.05, 4.69) is 21.2 Å². The van der Waals surface area contributed by atoms with Crippen LogP contribution in [0.5, 0.6) is 0 Å². The van der Waals surface area contributed by atoms with Gasteiger partial charge in [-0.15, -0.1) is 0 Å². The van der Waals surface area contributed by atoms with Gasteiger partial charge in [0, 0.05) is 11.0 Å². The first-order valence-electron chi connectivity index (χ1n) is 4.13. The maximum Gasteiger partial charge on any atom is 0.146 e. The number of halogens is 2. The molecule has 0 saturated carbocycles. The van der Waals surface area contributed by atoms with Gasteiger partial charge in [-0.2, -0.15) is 0 Å². The largest absolute Gasteiger partial charge is 0.383 e. The fourth-order valence-electron chi connectivity index (χ4n) is 0.958. The van der Waals surface area contributed by atoms with E-state index in [1.165, 1.54) is 6.07 Å². The molecule has 1 aromatic carbocycles. The number of anilines is 1. The van der Waals surface area contributed by atoms with E-state index in [1.807, 2.05) is 0 Å². The number of nitrogens with one attached hydrogen (secondary N) is 1. The molecular formula is C9H12BrFN2. The zero-order valence-corrected chi connectivity index (χ0v) is 8.77. The minimum atomic E-state index is -0.236. The molecule has 2 nitrogen and oxygen atoms in total. The summed E-state index contributed by atoms with van der Waals surface area (Å²) in [5.74, 6) is -0.236. The molecule has 3 N–H and O–H groups in total. The van der Waals surface area contributed by atoms with Gasteiger partial charge in [0.05, 0.1) is 5.69 Å². The molecule has 0 aliphatic heterocycles. The van der Waals surface area contributed by atoms with Crippen molar-refractivity contribution in [1.82, 2.24) is 0 Å². The zero-order valence-electron chi connectivity index (χ0n) is 7.19. The molecule has 0 spiro atoms. The van der Waals surface area contributed by atoms with Crippen LogP contribution in [0, 0.1) is 5.82 Å². The molecule has 0 aromatic heterocycles. The van der Waals surface area contributed by atoms with Gasteiger partial charge < -0.3 is 11.1 Å². The highest BCUT2D eigenvalue weighted by molar-refractivity contribution is 9.10. The Kier molecular flexibility index (Phi) is 4.18. The molecule has 1 rings (SSSR count). The minimum Gasteiger partial charge on any atom is -0.383 e. The van der Waals surface area contributed by atoms with Gasteiger partial charge in [0.15, 0.2) is 0 Å². The lowest BCUT2D eigenvalue weighted by molar-refractivity contribution is 0.629. The predicted octanol–water partition coefficient (Wildman–Crippen LogP) is 2.35. The lowest BCUT2D eigenvalue weighted by Crippen LogP contribution is -2.09. The number of hydrogen-bond donors (Lipinski definition) is 2. The van der Waals surface area contributed by atoms with Gasteiger partial charge in [-0.1, -0.05) is 15.9 Å². The lowest BCUT2D eigenvalue weighted by atomic mass is 10.3. The van der Waals surface area contributed by atoms with E-state index in [0.29, 0.717) is 18.8 Å². The van der Waals surface area contributed by atoms with Crippen molar-refractivity contribution in [3.63, 3.8) is 0 Å². The highest BCUT2D eigenvalue weighted by atomic mass is 79.9. The first-order chi connectivity index (χ1) is 6.24. The molecule has 0 radical (unpaired) electrons. The Balaban J connectivity index is 2.59. The third kappa shape index (κ3) is 3.32. The van der Waals surface area contributed by atoms with Gasteiger partial charge in [0.2, 0.25) is 0 Å². The number of benzene rings is 1. The van der Waals surface area contributed by atoms with Crippen molar-refractivity contribution in [1.29, 1.82) is 0 Å². The molecule has 0 bridgehead atoms. The summed E-state index contributed by atoms with van der Waals surface area (Å²) in [5, 5.41) is 2.97. The maximum absolute atomic E-state index is 13.1. The number of hydrogen-bond acceptors (Lipinski definition) is 2. The average molecular weight is 247 g/mol. The smallest absolute Gasteiger partial charge is 0.146 e. The minimum absolute atomic E-state index is 0.236. The molecule has 0 saturated heterocycles. The van der Waals surface area contributed by atoms with E-state index in [-0.39, 0.29) is 5.82 Å². The molecule has 13 heavy (non-hydrogen) atoms. The van der Waals surface area contributed by atoms with Crippen molar-refractivity contribution in [3.8, 4) is 0 Å². The summed E-state index contributed by atoms with van der Waals surface area (Å²) >= 11 is 3.27. The fraction of sp³-hybridized carbons (Fsp3) is 0.333. The zero-order chi connectivity index (χ0) is 9.68. The number of rotatable bonds is 4. The first kappa shape index (κ1) is 10.5. The third-order valence-corrected chi connectivity index (χ3v) is 2.12. The standard InChI is InChI=1S/C9H12BrFN2/c10-7-2-3-8(11)9(6-7)13-5-1-4-12/h2-3,6,13H,1,4-5,12H2. The van der Waals surface area contributed by atoms with Crippen LogP contribution in [-0.2, 0) is 0 Å². The molecule has 4 heteroatoms. The fourth-order valence-corrected chi connectivity index (χ4v) is 1.32. The summed E-state index contributed by atoms with van der Waals surface area (Å²) in [6, 6.07) is 4.81. The SMILES string of the molecule is NCCCNc1cc(Br)ccc1F. The Bertz CT molecular complexity index is 278.